The predicted molar refractivity (Wildman–Crippen MR) is 220 cm³/mol. The molecule has 0 bridgehead atoms. The molecule has 7 aromatic rings. The summed E-state index contributed by atoms with van der Waals surface area (Å²) in [6.07, 6.45) is 1.76. The van der Waals surface area contributed by atoms with Gasteiger partial charge in [-0.05, 0) is 97.8 Å². The van der Waals surface area contributed by atoms with Crippen LogP contribution in [0.4, 0.5) is 22.7 Å². The van der Waals surface area contributed by atoms with Crippen LogP contribution in [-0.2, 0) is 17.1 Å². The third-order valence-corrected chi connectivity index (χ3v) is 9.99. The summed E-state index contributed by atoms with van der Waals surface area (Å²) in [6, 6.07) is 40.6. The molecule has 5 aromatic carbocycles. The van der Waals surface area contributed by atoms with E-state index in [0.717, 1.165) is 16.7 Å². The Labute approximate surface area is 326 Å². The minimum absolute atomic E-state index is 0. The molecule has 0 saturated heterocycles. The summed E-state index contributed by atoms with van der Waals surface area (Å²) in [4.78, 5) is 18.3. The van der Waals surface area contributed by atoms with Crippen LogP contribution in [-0.4, -0.2) is 9.97 Å². The molecule has 0 amide bonds. The maximum absolute atomic E-state index is 4.56. The van der Waals surface area contributed by atoms with Gasteiger partial charge in [0.2, 0.25) is 0 Å². The first kappa shape index (κ1) is 37.8. The molecule has 5 nitrogen and oxygen atoms in total. The quantitative estimate of drug-likeness (QED) is 0.120. The summed E-state index contributed by atoms with van der Waals surface area (Å²) in [5.74, 6) is 2.47. The first-order valence-corrected chi connectivity index (χ1v) is 18.6. The van der Waals surface area contributed by atoms with Crippen molar-refractivity contribution in [2.75, 3.05) is 9.80 Å². The van der Waals surface area contributed by atoms with Crippen molar-refractivity contribution in [3.05, 3.63) is 150 Å². The second kappa shape index (κ2) is 16.0. The zero-order chi connectivity index (χ0) is 36.5. The molecule has 53 heavy (non-hydrogen) atoms. The summed E-state index contributed by atoms with van der Waals surface area (Å²) in [5, 5.41) is 2.37. The summed E-state index contributed by atoms with van der Waals surface area (Å²) >= 11 is 0. The van der Waals surface area contributed by atoms with E-state index >= 15 is 0 Å². The minimum atomic E-state index is 0. The Morgan fingerprint density at radius 2 is 0.981 bits per heavy atom. The van der Waals surface area contributed by atoms with Crippen molar-refractivity contribution in [2.24, 2.45) is 0 Å². The van der Waals surface area contributed by atoms with Gasteiger partial charge in [-0.25, -0.2) is 0 Å². The van der Waals surface area contributed by atoms with E-state index in [-0.39, 0.29) is 17.1 Å². The summed E-state index contributed by atoms with van der Waals surface area (Å²) < 4.78 is 0. The van der Waals surface area contributed by atoms with E-state index in [1.165, 1.54) is 55.8 Å². The summed E-state index contributed by atoms with van der Waals surface area (Å²) in [6.45, 7) is 20.7. The van der Waals surface area contributed by atoms with Crippen LogP contribution < -0.4 is 14.8 Å². The molecule has 0 unspecified atom stereocenters. The van der Waals surface area contributed by atoms with Crippen LogP contribution in [0.3, 0.4) is 0 Å². The normalized spacial score (nSPS) is 12.5. The average molecular weight is 747 g/mol. The fraction of sp³-hybridized carbons (Fsp3) is 0.255. The van der Waals surface area contributed by atoms with Gasteiger partial charge in [-0.2, -0.15) is 0 Å². The molecule has 0 N–H and O–H groups in total. The molecular weight excluding hydrogens is 698 g/mol. The maximum Gasteiger partial charge on any atom is 2.00 e. The smallest absolute Gasteiger partial charge is 0.473 e. The topological polar surface area (TPSA) is 46.4 Å². The van der Waals surface area contributed by atoms with Crippen LogP contribution in [0.5, 0.6) is 0 Å². The van der Waals surface area contributed by atoms with Crippen LogP contribution in [0.2, 0.25) is 0 Å². The number of imidazole rings is 1. The van der Waals surface area contributed by atoms with Gasteiger partial charge in [-0.15, -0.1) is 6.67 Å². The molecule has 0 saturated carbocycles. The van der Waals surface area contributed by atoms with Gasteiger partial charge in [-0.1, -0.05) is 146 Å². The number of pyridine rings is 1. The van der Waals surface area contributed by atoms with Gasteiger partial charge >= 0.3 is 17.1 Å². The van der Waals surface area contributed by atoms with Gasteiger partial charge in [0, 0.05) is 28.9 Å². The average Bonchev–Trinajstić information content (AvgIpc) is 3.75. The monoisotopic (exact) mass is 746 g/mol. The van der Waals surface area contributed by atoms with E-state index in [1.54, 1.807) is 6.20 Å². The number of hydrogen-bond acceptors (Lipinski definition) is 4. The third-order valence-electron chi connectivity index (χ3n) is 9.99. The number of nitrogens with zero attached hydrogens (tertiary/aromatic N) is 5. The van der Waals surface area contributed by atoms with Crippen LogP contribution >= 0.6 is 0 Å². The zero-order valence-corrected chi connectivity index (χ0v) is 32.9. The van der Waals surface area contributed by atoms with E-state index in [0.29, 0.717) is 29.5 Å². The van der Waals surface area contributed by atoms with Crippen molar-refractivity contribution in [2.45, 2.75) is 79.1 Å². The standard InChI is InChI=1S/C31H39N2.C16H10N3.Cu/c1-20(2)24-13-11-14-25(21(3)4)30(24)32-19-33(29-18-10-9-17-28(29)32)31-26(22(5)6)15-12-16-27(31)23(7)8;1-2-6-12-10-15-14(9-11(12)5-1)18-16(19-15)13-7-3-4-8-17-13;/h9-23H,1-8H3;1-10H;/q2*-1;+2. The zero-order valence-electron chi connectivity index (χ0n) is 32.0. The number of anilines is 4. The number of aromatic nitrogens is 3. The van der Waals surface area contributed by atoms with E-state index in [1.807, 2.05) is 30.3 Å². The predicted octanol–water partition coefficient (Wildman–Crippen LogP) is 13.0. The maximum atomic E-state index is 4.56. The molecule has 0 aliphatic carbocycles. The Balaban J connectivity index is 0.000000203. The third kappa shape index (κ3) is 7.49. The van der Waals surface area contributed by atoms with Crippen molar-refractivity contribution in [3.8, 4) is 11.5 Å². The van der Waals surface area contributed by atoms with E-state index in [4.69, 9.17) is 0 Å². The molecular formula is C47H49CuN5. The van der Waals surface area contributed by atoms with Crippen LogP contribution in [0, 0.1) is 6.67 Å². The fourth-order valence-corrected chi connectivity index (χ4v) is 7.31. The molecule has 273 valence electrons. The van der Waals surface area contributed by atoms with Crippen LogP contribution in [0.25, 0.3) is 33.3 Å². The van der Waals surface area contributed by atoms with Crippen molar-refractivity contribution in [1.82, 2.24) is 15.0 Å². The Morgan fingerprint density at radius 1 is 0.528 bits per heavy atom. The van der Waals surface area contributed by atoms with E-state index in [2.05, 4.69) is 172 Å². The molecule has 1 aliphatic rings. The second-order valence-corrected chi connectivity index (χ2v) is 15.0. The molecule has 0 fully saturated rings. The molecule has 0 atom stereocenters. The van der Waals surface area contributed by atoms with Gasteiger partial charge in [0.05, 0.1) is 5.69 Å². The molecule has 6 heteroatoms. The fourth-order valence-electron chi connectivity index (χ4n) is 7.31. The summed E-state index contributed by atoms with van der Waals surface area (Å²) in [7, 11) is 0. The number of para-hydroxylation sites is 4. The van der Waals surface area contributed by atoms with E-state index in [9.17, 15) is 0 Å². The van der Waals surface area contributed by atoms with Gasteiger partial charge in [-0.3, -0.25) is 4.98 Å². The summed E-state index contributed by atoms with van der Waals surface area (Å²) in [5.41, 5.74) is 13.4. The number of benzene rings is 5. The van der Waals surface area contributed by atoms with Crippen molar-refractivity contribution in [3.63, 3.8) is 0 Å². The largest absolute Gasteiger partial charge is 2.00 e. The van der Waals surface area contributed by atoms with Gasteiger partial charge in [0.1, 0.15) is 0 Å². The molecule has 8 rings (SSSR count). The van der Waals surface area contributed by atoms with Gasteiger partial charge in [0.15, 0.2) is 0 Å². The van der Waals surface area contributed by atoms with Gasteiger partial charge < -0.3 is 19.8 Å². The first-order chi connectivity index (χ1) is 25.1. The van der Waals surface area contributed by atoms with Crippen LogP contribution in [0.15, 0.2) is 121 Å². The SMILES string of the molecule is CC(C)c1cccc(C(C)C)c1N1[CH-]N(c2c(C(C)C)cccc2C(C)C)c2ccccc21.[Cu+2].c1ccc(-c2nc3cc4ccccc4cc3[n-]2)nc1. The van der Waals surface area contributed by atoms with Crippen molar-refractivity contribution >= 4 is 44.6 Å². The first-order valence-electron chi connectivity index (χ1n) is 18.6. The molecule has 1 aliphatic heterocycles. The Hall–Kier alpha value is -4.90. The second-order valence-electron chi connectivity index (χ2n) is 15.0. The van der Waals surface area contributed by atoms with Crippen molar-refractivity contribution in [1.29, 1.82) is 0 Å². The number of rotatable bonds is 7. The van der Waals surface area contributed by atoms with Crippen molar-refractivity contribution < 1.29 is 17.1 Å². The Kier molecular flexibility index (Phi) is 11.4. The molecule has 0 spiro atoms. The van der Waals surface area contributed by atoms with Crippen LogP contribution in [0.1, 0.15) is 101 Å². The van der Waals surface area contributed by atoms with E-state index < -0.39 is 0 Å². The Bertz CT molecular complexity index is 2130. The number of fused-ring (bicyclic) bond motifs is 3. The Morgan fingerprint density at radius 3 is 1.43 bits per heavy atom. The molecule has 2 aromatic heterocycles. The number of hydrogen-bond donors (Lipinski definition) is 0. The van der Waals surface area contributed by atoms with Gasteiger partial charge in [0.25, 0.3) is 0 Å². The minimum Gasteiger partial charge on any atom is -0.473 e. The molecule has 1 radical (unpaired) electrons. The molecule has 3 heterocycles.